The van der Waals surface area contributed by atoms with Crippen molar-refractivity contribution in [3.63, 3.8) is 0 Å². The number of fused-ring (bicyclic) bond motifs is 1. The first kappa shape index (κ1) is 22.3. The zero-order valence-corrected chi connectivity index (χ0v) is 18.3. The number of hydrogen-bond donors (Lipinski definition) is 1. The predicted octanol–water partition coefficient (Wildman–Crippen LogP) is 2.10. The van der Waals surface area contributed by atoms with Gasteiger partial charge < -0.3 is 19.5 Å². The van der Waals surface area contributed by atoms with E-state index < -0.39 is 23.3 Å². The molecule has 1 aliphatic heterocycles. The fourth-order valence-corrected chi connectivity index (χ4v) is 4.04. The second-order valence-electron chi connectivity index (χ2n) is 7.82. The van der Waals surface area contributed by atoms with Crippen molar-refractivity contribution in [3.05, 3.63) is 70.1 Å². The number of amides is 1. The van der Waals surface area contributed by atoms with E-state index in [-0.39, 0.29) is 17.9 Å². The zero-order chi connectivity index (χ0) is 23.4. The van der Waals surface area contributed by atoms with Crippen LogP contribution in [0.4, 0.5) is 0 Å². The number of carbonyl (C=O) groups excluding carboxylic acids is 2. The number of benzene rings is 1. The number of likely N-dealkylation sites (tertiary alicyclic amines) is 1. The highest BCUT2D eigenvalue weighted by molar-refractivity contribution is 5.78. The van der Waals surface area contributed by atoms with E-state index in [0.29, 0.717) is 36.5 Å². The van der Waals surface area contributed by atoms with Crippen LogP contribution in [0.25, 0.3) is 5.65 Å². The molecular weight excluding hydrogens is 426 g/mol. The third kappa shape index (κ3) is 4.82. The van der Waals surface area contributed by atoms with Crippen molar-refractivity contribution in [1.82, 2.24) is 14.3 Å². The van der Waals surface area contributed by atoms with Gasteiger partial charge in [0.25, 0.3) is 5.56 Å². The molecule has 0 bridgehead atoms. The Balaban J connectivity index is 1.59. The molecule has 1 saturated heterocycles. The summed E-state index contributed by atoms with van der Waals surface area (Å²) >= 11 is 0. The van der Waals surface area contributed by atoms with Gasteiger partial charge in [-0.3, -0.25) is 18.8 Å². The Morgan fingerprint density at radius 1 is 1.18 bits per heavy atom. The number of ether oxygens (including phenoxy) is 2. The van der Waals surface area contributed by atoms with Crippen LogP contribution in [0, 0.1) is 0 Å². The molecule has 9 nitrogen and oxygen atoms in total. The Morgan fingerprint density at radius 3 is 2.67 bits per heavy atom. The minimum absolute atomic E-state index is 0.0188. The highest BCUT2D eigenvalue weighted by Crippen LogP contribution is 2.32. The quantitative estimate of drug-likeness (QED) is 0.522. The van der Waals surface area contributed by atoms with Gasteiger partial charge in [0.2, 0.25) is 11.8 Å². The number of aromatic hydroxyl groups is 1. The van der Waals surface area contributed by atoms with Crippen LogP contribution in [-0.2, 0) is 14.3 Å². The van der Waals surface area contributed by atoms with Crippen LogP contribution in [-0.4, -0.2) is 58.1 Å². The molecule has 3 heterocycles. The monoisotopic (exact) mass is 451 g/mol. The number of rotatable bonds is 8. The average molecular weight is 451 g/mol. The molecule has 1 atom stereocenters. The molecule has 2 aromatic heterocycles. The molecule has 0 spiro atoms. The first-order valence-corrected chi connectivity index (χ1v) is 10.8. The van der Waals surface area contributed by atoms with Gasteiger partial charge in [-0.05, 0) is 36.2 Å². The molecule has 0 saturated carbocycles. The Hall–Kier alpha value is -3.88. The molecule has 9 heteroatoms. The largest absolute Gasteiger partial charge is 0.493 e. The smallest absolute Gasteiger partial charge is 0.306 e. The van der Waals surface area contributed by atoms with Gasteiger partial charge in [0.15, 0.2) is 0 Å². The van der Waals surface area contributed by atoms with E-state index in [1.54, 1.807) is 53.6 Å². The lowest BCUT2D eigenvalue weighted by Crippen LogP contribution is -2.29. The summed E-state index contributed by atoms with van der Waals surface area (Å²) in [5, 5.41) is 10.6. The maximum absolute atomic E-state index is 13.1. The van der Waals surface area contributed by atoms with Gasteiger partial charge in [0.1, 0.15) is 18.0 Å². The van der Waals surface area contributed by atoms with Gasteiger partial charge in [-0.25, -0.2) is 0 Å². The average Bonchev–Trinajstić information content (AvgIpc) is 3.23. The van der Waals surface area contributed by atoms with Crippen LogP contribution in [0.2, 0.25) is 0 Å². The minimum atomic E-state index is -0.758. The van der Waals surface area contributed by atoms with Gasteiger partial charge in [-0.1, -0.05) is 18.2 Å². The van der Waals surface area contributed by atoms with Crippen LogP contribution in [0.15, 0.2) is 53.5 Å². The van der Waals surface area contributed by atoms with Crippen molar-refractivity contribution < 1.29 is 24.2 Å². The van der Waals surface area contributed by atoms with Crippen LogP contribution in [0.1, 0.15) is 36.3 Å². The van der Waals surface area contributed by atoms with Gasteiger partial charge in [0, 0.05) is 25.1 Å². The van der Waals surface area contributed by atoms with E-state index in [1.165, 1.54) is 11.5 Å². The summed E-state index contributed by atoms with van der Waals surface area (Å²) in [7, 11) is 1.27. The first-order valence-electron chi connectivity index (χ1n) is 10.8. The first-order chi connectivity index (χ1) is 16.0. The lowest BCUT2D eigenvalue weighted by atomic mass is 9.89. The Labute approximate surface area is 190 Å². The summed E-state index contributed by atoms with van der Waals surface area (Å²) in [6, 6.07) is 12.0. The van der Waals surface area contributed by atoms with E-state index in [0.717, 1.165) is 13.0 Å². The number of pyridine rings is 1. The normalized spacial score (nSPS) is 14.5. The van der Waals surface area contributed by atoms with Crippen molar-refractivity contribution in [3.8, 4) is 11.6 Å². The van der Waals surface area contributed by atoms with E-state index in [9.17, 15) is 19.5 Å². The summed E-state index contributed by atoms with van der Waals surface area (Å²) in [4.78, 5) is 42.9. The number of nitrogens with zero attached hydrogens (tertiary/aromatic N) is 3. The maximum atomic E-state index is 13.1. The SMILES string of the molecule is COC(=O)C[C@H](c1ccc(OCCN2CCCC2=O)cc1)c1c(O)nc2ccccn2c1=O. The highest BCUT2D eigenvalue weighted by Gasteiger charge is 2.27. The molecule has 3 aromatic rings. The summed E-state index contributed by atoms with van der Waals surface area (Å²) in [5.74, 6) is -0.955. The van der Waals surface area contributed by atoms with Crippen molar-refractivity contribution >= 4 is 17.5 Å². The fraction of sp³-hybridized carbons (Fsp3) is 0.333. The van der Waals surface area contributed by atoms with E-state index >= 15 is 0 Å². The molecular formula is C24H25N3O6. The van der Waals surface area contributed by atoms with Crippen LogP contribution < -0.4 is 10.3 Å². The molecule has 0 unspecified atom stereocenters. The predicted molar refractivity (Wildman–Crippen MR) is 119 cm³/mol. The van der Waals surface area contributed by atoms with E-state index in [2.05, 4.69) is 4.98 Å². The van der Waals surface area contributed by atoms with Crippen molar-refractivity contribution in [2.45, 2.75) is 25.2 Å². The fourth-order valence-electron chi connectivity index (χ4n) is 4.04. The lowest BCUT2D eigenvalue weighted by Gasteiger charge is -2.19. The number of carbonyl (C=O) groups is 2. The molecule has 172 valence electrons. The standard InChI is InChI=1S/C24H25N3O6/c1-32-21(29)15-18(22-23(30)25-19-5-2-3-12-27(19)24(22)31)16-7-9-17(10-8-16)33-14-13-26-11-4-6-20(26)28/h2-3,5,7-10,12,18,30H,4,6,11,13-15H2,1H3/t18-/m1/s1. The van der Waals surface area contributed by atoms with Gasteiger partial charge >= 0.3 is 5.97 Å². The van der Waals surface area contributed by atoms with E-state index in [4.69, 9.17) is 9.47 Å². The molecule has 1 aliphatic rings. The summed E-state index contributed by atoms with van der Waals surface area (Å²) in [5.41, 5.74) is 0.501. The summed E-state index contributed by atoms with van der Waals surface area (Å²) in [6.45, 7) is 1.65. The lowest BCUT2D eigenvalue weighted by molar-refractivity contribution is -0.140. The second-order valence-corrected chi connectivity index (χ2v) is 7.82. The topological polar surface area (TPSA) is 110 Å². The summed E-state index contributed by atoms with van der Waals surface area (Å²) < 4.78 is 11.9. The van der Waals surface area contributed by atoms with Crippen LogP contribution >= 0.6 is 0 Å². The van der Waals surface area contributed by atoms with Gasteiger partial charge in [0.05, 0.1) is 25.6 Å². The number of hydrogen-bond acceptors (Lipinski definition) is 7. The second kappa shape index (κ2) is 9.72. The molecule has 1 aromatic carbocycles. The molecule has 1 N–H and O–H groups in total. The molecule has 0 radical (unpaired) electrons. The maximum Gasteiger partial charge on any atom is 0.306 e. The Kier molecular flexibility index (Phi) is 6.58. The minimum Gasteiger partial charge on any atom is -0.493 e. The number of esters is 1. The van der Waals surface area contributed by atoms with Crippen LogP contribution in [0.5, 0.6) is 11.6 Å². The molecule has 1 amide bonds. The van der Waals surface area contributed by atoms with E-state index in [1.807, 2.05) is 0 Å². The Bertz CT molecular complexity index is 1220. The number of methoxy groups -OCH3 is 1. The molecule has 0 aliphatic carbocycles. The Morgan fingerprint density at radius 2 is 1.97 bits per heavy atom. The van der Waals surface area contributed by atoms with Gasteiger partial charge in [-0.15, -0.1) is 0 Å². The van der Waals surface area contributed by atoms with Crippen LogP contribution in [0.3, 0.4) is 0 Å². The zero-order valence-electron chi connectivity index (χ0n) is 18.3. The van der Waals surface area contributed by atoms with Gasteiger partial charge in [-0.2, -0.15) is 4.98 Å². The number of aromatic nitrogens is 2. The molecule has 1 fully saturated rings. The van der Waals surface area contributed by atoms with Crippen molar-refractivity contribution in [2.24, 2.45) is 0 Å². The van der Waals surface area contributed by atoms with Crippen molar-refractivity contribution in [2.75, 3.05) is 26.8 Å². The van der Waals surface area contributed by atoms with Crippen molar-refractivity contribution in [1.29, 1.82) is 0 Å². The third-order valence-corrected chi connectivity index (χ3v) is 5.78. The third-order valence-electron chi connectivity index (χ3n) is 5.78. The molecule has 33 heavy (non-hydrogen) atoms. The highest BCUT2D eigenvalue weighted by atomic mass is 16.5. The summed E-state index contributed by atoms with van der Waals surface area (Å²) in [6.07, 6.45) is 2.89. The molecule has 4 rings (SSSR count).